The molecule has 2 atom stereocenters. The molecule has 7 heteroatoms. The maximum absolute atomic E-state index is 12.5. The van der Waals surface area contributed by atoms with E-state index >= 15 is 0 Å². The number of aromatic nitrogens is 2. The van der Waals surface area contributed by atoms with Crippen LogP contribution >= 0.6 is 0 Å². The lowest BCUT2D eigenvalue weighted by molar-refractivity contribution is 0.0754. The molecule has 1 N–H and O–H groups in total. The Morgan fingerprint density at radius 1 is 1.54 bits per heavy atom. The van der Waals surface area contributed by atoms with Crippen molar-refractivity contribution in [1.82, 2.24) is 14.9 Å². The number of rotatable bonds is 5. The van der Waals surface area contributed by atoms with Gasteiger partial charge >= 0.3 is 0 Å². The number of ether oxygens (including phenoxy) is 1. The van der Waals surface area contributed by atoms with Gasteiger partial charge in [-0.3, -0.25) is 4.79 Å². The van der Waals surface area contributed by atoms with E-state index in [0.717, 1.165) is 25.2 Å². The van der Waals surface area contributed by atoms with Gasteiger partial charge in [0.15, 0.2) is 5.76 Å². The number of amides is 1. The van der Waals surface area contributed by atoms with Crippen LogP contribution in [0, 0.1) is 5.92 Å². The number of carbonyl (C=O) groups is 1. The van der Waals surface area contributed by atoms with Gasteiger partial charge in [0.2, 0.25) is 5.88 Å². The Balaban J connectivity index is 1.49. The minimum Gasteiger partial charge on any atom is -0.478 e. The Morgan fingerprint density at radius 3 is 3.17 bits per heavy atom. The fourth-order valence-corrected chi connectivity index (χ4v) is 3.65. The molecule has 2 fully saturated rings. The summed E-state index contributed by atoms with van der Waals surface area (Å²) in [5.74, 6) is 2.08. The highest BCUT2D eigenvalue weighted by Crippen LogP contribution is 2.46. The van der Waals surface area contributed by atoms with Gasteiger partial charge in [0.1, 0.15) is 12.1 Å². The van der Waals surface area contributed by atoms with Gasteiger partial charge in [0, 0.05) is 25.1 Å². The zero-order valence-electron chi connectivity index (χ0n) is 13.6. The van der Waals surface area contributed by atoms with E-state index < -0.39 is 0 Å². The second-order valence-electron chi connectivity index (χ2n) is 6.35. The molecule has 1 saturated heterocycles. The maximum Gasteiger partial charge on any atom is 0.289 e. The van der Waals surface area contributed by atoms with Crippen molar-refractivity contribution in [3.63, 3.8) is 0 Å². The largest absolute Gasteiger partial charge is 0.478 e. The molecule has 2 aromatic heterocycles. The van der Waals surface area contributed by atoms with E-state index in [1.54, 1.807) is 12.1 Å². The summed E-state index contributed by atoms with van der Waals surface area (Å²) in [5.41, 5.74) is -0.111. The third kappa shape index (κ3) is 2.50. The molecule has 0 aromatic carbocycles. The fourth-order valence-electron chi connectivity index (χ4n) is 3.65. The summed E-state index contributed by atoms with van der Waals surface area (Å²) in [4.78, 5) is 22.8. The van der Waals surface area contributed by atoms with Crippen molar-refractivity contribution in [3.05, 3.63) is 36.5 Å². The van der Waals surface area contributed by atoms with Crippen molar-refractivity contribution in [2.45, 2.75) is 25.3 Å². The van der Waals surface area contributed by atoms with Gasteiger partial charge in [0.05, 0.1) is 18.4 Å². The monoisotopic (exact) mass is 328 g/mol. The molecule has 4 rings (SSSR count). The zero-order chi connectivity index (χ0) is 16.6. The van der Waals surface area contributed by atoms with Crippen LogP contribution in [0.2, 0.25) is 0 Å². The van der Waals surface area contributed by atoms with Crippen LogP contribution in [0.25, 0.3) is 0 Å². The molecule has 1 saturated carbocycles. The predicted octanol–water partition coefficient (Wildman–Crippen LogP) is 2.18. The van der Waals surface area contributed by atoms with Crippen molar-refractivity contribution in [1.29, 1.82) is 0 Å². The molecule has 24 heavy (non-hydrogen) atoms. The molecule has 2 aliphatic rings. The molecule has 0 spiro atoms. The number of furan rings is 1. The number of nitrogens with zero attached hydrogens (tertiary/aromatic N) is 3. The minimum absolute atomic E-state index is 0.0479. The Labute approximate surface area is 140 Å². The van der Waals surface area contributed by atoms with Gasteiger partial charge in [0.25, 0.3) is 5.91 Å². The Hall–Kier alpha value is -2.57. The van der Waals surface area contributed by atoms with Gasteiger partial charge in [-0.05, 0) is 31.9 Å². The van der Waals surface area contributed by atoms with Gasteiger partial charge in [-0.25, -0.2) is 9.97 Å². The predicted molar refractivity (Wildman–Crippen MR) is 86.9 cm³/mol. The van der Waals surface area contributed by atoms with Crippen molar-refractivity contribution in [3.8, 4) is 5.88 Å². The summed E-state index contributed by atoms with van der Waals surface area (Å²) in [6.45, 7) is 3.89. The van der Waals surface area contributed by atoms with Gasteiger partial charge < -0.3 is 19.4 Å². The smallest absolute Gasteiger partial charge is 0.289 e. The number of fused-ring (bicyclic) bond motifs is 1. The zero-order valence-corrected chi connectivity index (χ0v) is 13.6. The first kappa shape index (κ1) is 15.0. The van der Waals surface area contributed by atoms with Crippen LogP contribution < -0.4 is 10.1 Å². The molecular formula is C17H20N4O3. The number of carbonyl (C=O) groups excluding carboxylic acids is 1. The summed E-state index contributed by atoms with van der Waals surface area (Å²) < 4.78 is 10.7. The lowest BCUT2D eigenvalue weighted by atomic mass is 9.69. The summed E-state index contributed by atoms with van der Waals surface area (Å²) in [5, 5.41) is 3.53. The van der Waals surface area contributed by atoms with E-state index in [0.29, 0.717) is 30.7 Å². The molecule has 0 bridgehead atoms. The van der Waals surface area contributed by atoms with Crippen LogP contribution in [0.3, 0.4) is 0 Å². The van der Waals surface area contributed by atoms with Gasteiger partial charge in [-0.15, -0.1) is 0 Å². The molecule has 1 amide bonds. The highest BCUT2D eigenvalue weighted by molar-refractivity contribution is 5.91. The molecule has 7 nitrogen and oxygen atoms in total. The molecular weight excluding hydrogens is 308 g/mol. The van der Waals surface area contributed by atoms with E-state index in [9.17, 15) is 4.79 Å². The number of nitrogens with one attached hydrogen (secondary N) is 1. The Kier molecular flexibility index (Phi) is 3.63. The standard InChI is InChI=1S/C17H20N4O3/c1-2-23-15-8-14(18-11-19-15)20-17-6-5-12(17)9-21(10-17)16(22)13-4-3-7-24-13/h3-4,7-8,11-12H,2,5-6,9-10H2,1H3,(H,18,19,20). The third-order valence-corrected chi connectivity index (χ3v) is 4.96. The number of hydrogen-bond donors (Lipinski definition) is 1. The molecule has 1 aliphatic carbocycles. The van der Waals surface area contributed by atoms with E-state index in [1.807, 2.05) is 17.9 Å². The summed E-state index contributed by atoms with van der Waals surface area (Å²) in [6, 6.07) is 5.26. The van der Waals surface area contributed by atoms with Crippen molar-refractivity contribution < 1.29 is 13.9 Å². The SMILES string of the molecule is CCOc1cc(NC23CCC2CN(C(=O)c2ccco2)C3)ncn1. The van der Waals surface area contributed by atoms with E-state index in [4.69, 9.17) is 9.15 Å². The minimum atomic E-state index is -0.111. The van der Waals surface area contributed by atoms with Crippen LogP contribution in [0.4, 0.5) is 5.82 Å². The lowest BCUT2D eigenvalue weighted by Crippen LogP contribution is -2.53. The molecule has 126 valence electrons. The Morgan fingerprint density at radius 2 is 2.46 bits per heavy atom. The highest BCUT2D eigenvalue weighted by atomic mass is 16.5. The first-order valence-corrected chi connectivity index (χ1v) is 8.26. The van der Waals surface area contributed by atoms with Gasteiger partial charge in [-0.2, -0.15) is 0 Å². The van der Waals surface area contributed by atoms with Crippen LogP contribution in [-0.4, -0.2) is 46.0 Å². The van der Waals surface area contributed by atoms with E-state index in [-0.39, 0.29) is 11.4 Å². The van der Waals surface area contributed by atoms with Crippen LogP contribution in [0.1, 0.15) is 30.3 Å². The van der Waals surface area contributed by atoms with E-state index in [1.165, 1.54) is 12.6 Å². The average Bonchev–Trinajstić information content (AvgIpc) is 3.18. The first-order valence-electron chi connectivity index (χ1n) is 8.26. The van der Waals surface area contributed by atoms with Crippen LogP contribution in [-0.2, 0) is 0 Å². The fraction of sp³-hybridized carbons (Fsp3) is 0.471. The normalized spacial score (nSPS) is 25.0. The van der Waals surface area contributed by atoms with Gasteiger partial charge in [-0.1, -0.05) is 0 Å². The second kappa shape index (κ2) is 5.81. The molecule has 1 aliphatic heterocycles. The quantitative estimate of drug-likeness (QED) is 0.906. The van der Waals surface area contributed by atoms with Crippen molar-refractivity contribution >= 4 is 11.7 Å². The highest BCUT2D eigenvalue weighted by Gasteiger charge is 2.54. The number of hydrogen-bond acceptors (Lipinski definition) is 6. The second-order valence-corrected chi connectivity index (χ2v) is 6.35. The van der Waals surface area contributed by atoms with Crippen LogP contribution in [0.5, 0.6) is 5.88 Å². The van der Waals surface area contributed by atoms with Crippen molar-refractivity contribution in [2.75, 3.05) is 25.0 Å². The molecule has 2 unspecified atom stereocenters. The molecule has 0 radical (unpaired) electrons. The summed E-state index contributed by atoms with van der Waals surface area (Å²) >= 11 is 0. The lowest BCUT2D eigenvalue weighted by Gasteiger charge is -2.44. The number of likely N-dealkylation sites (tertiary alicyclic amines) is 1. The first-order chi connectivity index (χ1) is 11.7. The average molecular weight is 328 g/mol. The van der Waals surface area contributed by atoms with E-state index in [2.05, 4.69) is 15.3 Å². The van der Waals surface area contributed by atoms with Crippen molar-refractivity contribution in [2.24, 2.45) is 5.92 Å². The Bertz CT molecular complexity index is 733. The number of anilines is 1. The summed E-state index contributed by atoms with van der Waals surface area (Å²) in [7, 11) is 0. The third-order valence-electron chi connectivity index (χ3n) is 4.96. The maximum atomic E-state index is 12.5. The molecule has 2 aromatic rings. The van der Waals surface area contributed by atoms with Crippen LogP contribution in [0.15, 0.2) is 35.2 Å². The topological polar surface area (TPSA) is 80.5 Å². The summed E-state index contributed by atoms with van der Waals surface area (Å²) in [6.07, 6.45) is 5.16. The molecule has 3 heterocycles.